The van der Waals surface area contributed by atoms with E-state index in [9.17, 15) is 0 Å². The minimum atomic E-state index is 0.459. The molecule has 0 saturated carbocycles. The van der Waals surface area contributed by atoms with Crippen molar-refractivity contribution in [2.24, 2.45) is 0 Å². The third-order valence-electron chi connectivity index (χ3n) is 3.27. The van der Waals surface area contributed by atoms with Crippen LogP contribution in [0.4, 0.5) is 0 Å². The van der Waals surface area contributed by atoms with Gasteiger partial charge in [-0.05, 0) is 47.4 Å². The summed E-state index contributed by atoms with van der Waals surface area (Å²) >= 11 is 4.53. The van der Waals surface area contributed by atoms with E-state index >= 15 is 0 Å². The van der Waals surface area contributed by atoms with Crippen LogP contribution >= 0.6 is 34.4 Å². The number of rotatable bonds is 0. The lowest BCUT2D eigenvalue weighted by atomic mass is 10.0. The molecule has 2 heteroatoms. The van der Waals surface area contributed by atoms with E-state index in [4.69, 9.17) is 0 Å². The van der Waals surface area contributed by atoms with Gasteiger partial charge in [-0.25, -0.2) is 0 Å². The Labute approximate surface area is 126 Å². The van der Waals surface area contributed by atoms with Crippen molar-refractivity contribution in [3.8, 4) is 0 Å². The molecule has 0 amide bonds. The Bertz CT molecular complexity index is 501. The Kier molecular flexibility index (Phi) is 3.94. The van der Waals surface area contributed by atoms with E-state index in [0.29, 0.717) is 3.92 Å². The molecule has 1 heterocycles. The molecule has 1 atom stereocenters. The minimum Gasteiger partial charge on any atom is -0.126 e. The lowest BCUT2D eigenvalue weighted by Gasteiger charge is -2.12. The minimum absolute atomic E-state index is 0.459. The maximum Gasteiger partial charge on any atom is 0.0609 e. The fourth-order valence-electron chi connectivity index (χ4n) is 2.33. The molecule has 4 bridgehead atoms. The van der Waals surface area contributed by atoms with Gasteiger partial charge in [0.25, 0.3) is 0 Å². The largest absolute Gasteiger partial charge is 0.126 e. The highest BCUT2D eigenvalue weighted by Crippen LogP contribution is 2.34. The summed E-state index contributed by atoms with van der Waals surface area (Å²) in [5.74, 6) is 1.21. The average Bonchev–Trinajstić information content (AvgIpc) is 2.44. The van der Waals surface area contributed by atoms with Gasteiger partial charge in [-0.2, -0.15) is 0 Å². The first-order valence-corrected chi connectivity index (χ1v) is 8.52. The zero-order valence-corrected chi connectivity index (χ0v) is 13.1. The van der Waals surface area contributed by atoms with Crippen LogP contribution in [-0.2, 0) is 6.42 Å². The van der Waals surface area contributed by atoms with Gasteiger partial charge in [0.15, 0.2) is 0 Å². The highest BCUT2D eigenvalue weighted by molar-refractivity contribution is 14.1. The van der Waals surface area contributed by atoms with Gasteiger partial charge in [-0.3, -0.25) is 0 Å². The van der Waals surface area contributed by atoms with Crippen LogP contribution in [0.5, 0.6) is 0 Å². The van der Waals surface area contributed by atoms with E-state index in [1.165, 1.54) is 40.2 Å². The molecule has 3 rings (SSSR count). The first-order chi connectivity index (χ1) is 8.83. The second-order valence-corrected chi connectivity index (χ2v) is 7.05. The number of aryl methyl sites for hydroxylation is 1. The van der Waals surface area contributed by atoms with Crippen LogP contribution in [0.25, 0.3) is 0 Å². The molecule has 0 nitrogen and oxygen atoms in total. The Morgan fingerprint density at radius 2 is 1.78 bits per heavy atom. The molecule has 1 aliphatic rings. The van der Waals surface area contributed by atoms with Gasteiger partial charge in [0.05, 0.1) is 3.92 Å². The molecule has 0 aliphatic carbocycles. The maximum absolute atomic E-state index is 2.55. The number of fused-ring (bicyclic) bond motifs is 4. The van der Waals surface area contributed by atoms with Crippen molar-refractivity contribution in [3.63, 3.8) is 0 Å². The average molecular weight is 366 g/mol. The van der Waals surface area contributed by atoms with Crippen LogP contribution in [0.15, 0.2) is 53.4 Å². The first kappa shape index (κ1) is 12.5. The fourth-order valence-corrected chi connectivity index (χ4v) is 4.02. The number of alkyl halides is 1. The van der Waals surface area contributed by atoms with E-state index in [0.717, 1.165) is 0 Å². The predicted molar refractivity (Wildman–Crippen MR) is 87.8 cm³/mol. The van der Waals surface area contributed by atoms with Crippen molar-refractivity contribution in [2.45, 2.75) is 21.7 Å². The standard InChI is InChI=1S/C16H15IS/c17-16-13-6-1-4-12(10-13)5-3-9-18-15-8-2-7-14(16)11-15/h1-2,4,6-8,10-11,16H,3,5,9H2. The van der Waals surface area contributed by atoms with Gasteiger partial charge in [-0.1, -0.05) is 59.0 Å². The summed E-state index contributed by atoms with van der Waals surface area (Å²) in [6.45, 7) is 0. The van der Waals surface area contributed by atoms with Gasteiger partial charge < -0.3 is 0 Å². The molecule has 0 saturated heterocycles. The molecular weight excluding hydrogens is 351 g/mol. The third-order valence-corrected chi connectivity index (χ3v) is 5.79. The van der Waals surface area contributed by atoms with Crippen molar-refractivity contribution in [1.29, 1.82) is 0 Å². The molecule has 0 N–H and O–H groups in total. The van der Waals surface area contributed by atoms with Gasteiger partial charge in [0.2, 0.25) is 0 Å². The summed E-state index contributed by atoms with van der Waals surface area (Å²) in [6.07, 6.45) is 2.45. The fraction of sp³-hybridized carbons (Fsp3) is 0.250. The van der Waals surface area contributed by atoms with Crippen LogP contribution < -0.4 is 0 Å². The van der Waals surface area contributed by atoms with Crippen molar-refractivity contribution in [1.82, 2.24) is 0 Å². The smallest absolute Gasteiger partial charge is 0.0609 e. The van der Waals surface area contributed by atoms with E-state index in [1.54, 1.807) is 0 Å². The monoisotopic (exact) mass is 366 g/mol. The van der Waals surface area contributed by atoms with Crippen molar-refractivity contribution >= 4 is 34.4 Å². The van der Waals surface area contributed by atoms with Gasteiger partial charge in [0.1, 0.15) is 0 Å². The van der Waals surface area contributed by atoms with Gasteiger partial charge in [-0.15, -0.1) is 11.8 Å². The number of hydrogen-bond acceptors (Lipinski definition) is 1. The molecular formula is C16H15IS. The Balaban J connectivity index is 2.06. The topological polar surface area (TPSA) is 0 Å². The van der Waals surface area contributed by atoms with Crippen LogP contribution in [0.1, 0.15) is 27.0 Å². The third kappa shape index (κ3) is 2.75. The number of halogens is 1. The number of thioether (sulfide) groups is 1. The van der Waals surface area contributed by atoms with E-state index < -0.39 is 0 Å². The van der Waals surface area contributed by atoms with Crippen LogP contribution in [0, 0.1) is 0 Å². The summed E-state index contributed by atoms with van der Waals surface area (Å²) < 4.78 is 0.459. The Morgan fingerprint density at radius 1 is 1.00 bits per heavy atom. The van der Waals surface area contributed by atoms with E-state index in [2.05, 4.69) is 71.1 Å². The quantitative estimate of drug-likeness (QED) is 0.453. The Morgan fingerprint density at radius 3 is 2.67 bits per heavy atom. The molecule has 1 aliphatic heterocycles. The zero-order valence-electron chi connectivity index (χ0n) is 10.1. The summed E-state index contributed by atoms with van der Waals surface area (Å²) in [5.41, 5.74) is 4.32. The molecule has 2 aromatic rings. The molecule has 0 fully saturated rings. The van der Waals surface area contributed by atoms with Crippen molar-refractivity contribution < 1.29 is 0 Å². The van der Waals surface area contributed by atoms with Crippen LogP contribution in [0.3, 0.4) is 0 Å². The number of hydrogen-bond donors (Lipinski definition) is 0. The van der Waals surface area contributed by atoms with Crippen LogP contribution in [0.2, 0.25) is 0 Å². The summed E-state index contributed by atoms with van der Waals surface area (Å²) in [5, 5.41) is 0. The normalized spacial score (nSPS) is 19.1. The van der Waals surface area contributed by atoms with E-state index in [-0.39, 0.29) is 0 Å². The predicted octanol–water partition coefficient (Wildman–Crippen LogP) is 5.25. The zero-order chi connectivity index (χ0) is 12.4. The molecule has 0 radical (unpaired) electrons. The van der Waals surface area contributed by atoms with Crippen molar-refractivity contribution in [2.75, 3.05) is 5.75 Å². The second-order valence-electron chi connectivity index (χ2n) is 4.63. The SMILES string of the molecule is IC1c2cccc(c2)CCCSc2cccc1c2. The lowest BCUT2D eigenvalue weighted by molar-refractivity contribution is 0.930. The lowest BCUT2D eigenvalue weighted by Crippen LogP contribution is -1.94. The number of benzene rings is 2. The molecule has 18 heavy (non-hydrogen) atoms. The van der Waals surface area contributed by atoms with Crippen molar-refractivity contribution in [3.05, 3.63) is 65.2 Å². The van der Waals surface area contributed by atoms with Gasteiger partial charge >= 0.3 is 0 Å². The summed E-state index contributed by atoms with van der Waals surface area (Å²) in [7, 11) is 0. The van der Waals surface area contributed by atoms with Crippen LogP contribution in [-0.4, -0.2) is 5.75 Å². The summed E-state index contributed by atoms with van der Waals surface area (Å²) in [6, 6.07) is 18.1. The highest BCUT2D eigenvalue weighted by Gasteiger charge is 2.12. The molecule has 92 valence electrons. The molecule has 0 spiro atoms. The van der Waals surface area contributed by atoms with Gasteiger partial charge in [0, 0.05) is 4.90 Å². The summed E-state index contributed by atoms with van der Waals surface area (Å²) in [4.78, 5) is 1.41. The Hall–Kier alpha value is -0.480. The first-order valence-electron chi connectivity index (χ1n) is 6.28. The maximum atomic E-state index is 2.55. The molecule has 2 aromatic carbocycles. The molecule has 1 unspecified atom stereocenters. The van der Waals surface area contributed by atoms with E-state index in [1.807, 2.05) is 11.8 Å². The molecule has 0 aromatic heterocycles. The second kappa shape index (κ2) is 5.66. The highest BCUT2D eigenvalue weighted by atomic mass is 127.